The molecule has 7 aromatic carbocycles. The second-order valence-electron chi connectivity index (χ2n) is 11.8. The average Bonchev–Trinajstić information content (AvgIpc) is 3.07. The van der Waals surface area contributed by atoms with Crippen LogP contribution < -0.4 is 0 Å². The highest BCUT2D eigenvalue weighted by Crippen LogP contribution is 2.41. The molecule has 0 spiro atoms. The fourth-order valence-corrected chi connectivity index (χ4v) is 6.82. The molecule has 0 unspecified atom stereocenters. The molecule has 0 fully saturated rings. The number of fused-ring (bicyclic) bond motifs is 9. The zero-order valence-electron chi connectivity index (χ0n) is 24.2. The van der Waals surface area contributed by atoms with Crippen molar-refractivity contribution in [2.24, 2.45) is 0 Å². The SMILES string of the molecule is Oc1ccc2cc(-c3cnc4c(ccc5cc(-c6cc7ccc(O)cc7c7cc(O)ccc67)cnc54)c3)c3ccc(O)cc3c2c1. The molecule has 0 saturated heterocycles. The van der Waals surface area contributed by atoms with Gasteiger partial charge in [-0.05, 0) is 127 Å². The Balaban J connectivity index is 1.20. The van der Waals surface area contributed by atoms with Gasteiger partial charge >= 0.3 is 0 Å². The van der Waals surface area contributed by atoms with E-state index in [1.807, 2.05) is 36.7 Å². The molecular weight excluding hydrogens is 572 g/mol. The Morgan fingerprint density at radius 2 is 0.696 bits per heavy atom. The summed E-state index contributed by atoms with van der Waals surface area (Å²) in [6.45, 7) is 0. The third kappa shape index (κ3) is 3.97. The average molecular weight is 597 g/mol. The number of benzene rings is 7. The minimum absolute atomic E-state index is 0.164. The number of nitrogens with zero attached hydrogens (tertiary/aromatic N) is 2. The molecule has 0 aliphatic carbocycles. The summed E-state index contributed by atoms with van der Waals surface area (Å²) in [5, 5.41) is 50.0. The van der Waals surface area contributed by atoms with Crippen molar-refractivity contribution in [1.82, 2.24) is 9.97 Å². The lowest BCUT2D eigenvalue weighted by molar-refractivity contribution is 0.475. The van der Waals surface area contributed by atoms with Crippen LogP contribution in [-0.2, 0) is 0 Å². The Morgan fingerprint density at radius 3 is 1.13 bits per heavy atom. The molecule has 0 saturated carbocycles. The second kappa shape index (κ2) is 9.55. The van der Waals surface area contributed by atoms with Gasteiger partial charge in [-0.25, -0.2) is 0 Å². The topological polar surface area (TPSA) is 107 Å². The predicted octanol–water partition coefficient (Wildman–Crippen LogP) is 9.55. The van der Waals surface area contributed by atoms with Crippen LogP contribution >= 0.6 is 0 Å². The van der Waals surface area contributed by atoms with Gasteiger partial charge in [0.1, 0.15) is 23.0 Å². The van der Waals surface area contributed by atoms with Crippen LogP contribution in [0.4, 0.5) is 0 Å². The Labute approximate surface area is 261 Å². The standard InChI is InChI=1S/C40H24N2O4/c43-27-5-3-21-13-33(31-9-7-29(45)17-37(31)35(21)15-27)25-11-23-1-2-24-12-26(20-42-40(24)39(23)41-19-25)34-14-22-4-6-28(44)16-36(22)38-18-30(46)8-10-32(34)38/h1-20,43-46H. The minimum Gasteiger partial charge on any atom is -0.508 e. The lowest BCUT2D eigenvalue weighted by Gasteiger charge is -2.14. The molecule has 0 aliphatic rings. The van der Waals surface area contributed by atoms with Crippen molar-refractivity contribution in [3.05, 3.63) is 122 Å². The summed E-state index contributed by atoms with van der Waals surface area (Å²) in [5.41, 5.74) is 5.42. The summed E-state index contributed by atoms with van der Waals surface area (Å²) in [4.78, 5) is 9.82. The van der Waals surface area contributed by atoms with Gasteiger partial charge in [-0.2, -0.15) is 0 Å². The summed E-state index contributed by atoms with van der Waals surface area (Å²) in [6, 6.07) is 33.7. The first-order chi connectivity index (χ1) is 22.4. The monoisotopic (exact) mass is 596 g/mol. The zero-order valence-corrected chi connectivity index (χ0v) is 24.2. The highest BCUT2D eigenvalue weighted by molar-refractivity contribution is 6.16. The number of phenolic OH excluding ortho intramolecular Hbond substituents is 4. The molecule has 0 amide bonds. The van der Waals surface area contributed by atoms with E-state index in [9.17, 15) is 20.4 Å². The van der Waals surface area contributed by atoms with Crippen LogP contribution in [0.1, 0.15) is 0 Å². The Hall–Kier alpha value is -6.40. The molecule has 46 heavy (non-hydrogen) atoms. The first-order valence-corrected chi connectivity index (χ1v) is 14.9. The van der Waals surface area contributed by atoms with E-state index in [0.717, 1.165) is 87.1 Å². The molecular formula is C40H24N2O4. The van der Waals surface area contributed by atoms with Crippen molar-refractivity contribution in [2.75, 3.05) is 0 Å². The van der Waals surface area contributed by atoms with Gasteiger partial charge in [0.05, 0.1) is 11.0 Å². The number of aromatic hydroxyl groups is 4. The molecule has 6 nitrogen and oxygen atoms in total. The van der Waals surface area contributed by atoms with E-state index in [4.69, 9.17) is 9.97 Å². The van der Waals surface area contributed by atoms with Gasteiger partial charge in [-0.3, -0.25) is 9.97 Å². The van der Waals surface area contributed by atoms with E-state index < -0.39 is 0 Å². The number of rotatable bonds is 2. The van der Waals surface area contributed by atoms with E-state index in [2.05, 4.69) is 36.4 Å². The van der Waals surface area contributed by atoms with Crippen LogP contribution in [0.5, 0.6) is 23.0 Å². The van der Waals surface area contributed by atoms with Crippen LogP contribution in [0.3, 0.4) is 0 Å². The van der Waals surface area contributed by atoms with Gasteiger partial charge in [-0.15, -0.1) is 0 Å². The van der Waals surface area contributed by atoms with E-state index in [1.54, 1.807) is 48.5 Å². The first kappa shape index (κ1) is 26.0. The molecule has 2 heterocycles. The van der Waals surface area contributed by atoms with E-state index in [1.165, 1.54) is 0 Å². The molecule has 218 valence electrons. The number of pyridine rings is 2. The summed E-state index contributed by atoms with van der Waals surface area (Å²) >= 11 is 0. The Kier molecular flexibility index (Phi) is 5.41. The molecule has 0 atom stereocenters. The Bertz CT molecular complexity index is 2560. The van der Waals surface area contributed by atoms with Crippen LogP contribution in [0.2, 0.25) is 0 Å². The second-order valence-corrected chi connectivity index (χ2v) is 11.8. The summed E-state index contributed by atoms with van der Waals surface area (Å²) < 4.78 is 0. The maximum absolute atomic E-state index is 10.3. The number of hydrogen-bond acceptors (Lipinski definition) is 6. The molecule has 4 N–H and O–H groups in total. The van der Waals surface area contributed by atoms with Crippen molar-refractivity contribution in [2.45, 2.75) is 0 Å². The van der Waals surface area contributed by atoms with Crippen molar-refractivity contribution < 1.29 is 20.4 Å². The van der Waals surface area contributed by atoms with Crippen LogP contribution in [-0.4, -0.2) is 30.4 Å². The van der Waals surface area contributed by atoms with Gasteiger partial charge in [0, 0.05) is 34.3 Å². The largest absolute Gasteiger partial charge is 0.508 e. The molecule has 0 bridgehead atoms. The van der Waals surface area contributed by atoms with Gasteiger partial charge in [-0.1, -0.05) is 36.4 Å². The number of hydrogen-bond donors (Lipinski definition) is 4. The van der Waals surface area contributed by atoms with Gasteiger partial charge in [0.15, 0.2) is 0 Å². The van der Waals surface area contributed by atoms with Crippen molar-refractivity contribution in [1.29, 1.82) is 0 Å². The lowest BCUT2D eigenvalue weighted by atomic mass is 9.92. The van der Waals surface area contributed by atoms with Crippen LogP contribution in [0.15, 0.2) is 122 Å². The maximum Gasteiger partial charge on any atom is 0.116 e. The fourth-order valence-electron chi connectivity index (χ4n) is 6.82. The van der Waals surface area contributed by atoms with Crippen molar-refractivity contribution in [3.63, 3.8) is 0 Å². The van der Waals surface area contributed by atoms with Crippen LogP contribution in [0, 0.1) is 0 Å². The quantitative estimate of drug-likeness (QED) is 0.148. The third-order valence-corrected chi connectivity index (χ3v) is 8.96. The minimum atomic E-state index is 0.164. The third-order valence-electron chi connectivity index (χ3n) is 8.96. The van der Waals surface area contributed by atoms with Gasteiger partial charge in [0.2, 0.25) is 0 Å². The van der Waals surface area contributed by atoms with E-state index in [-0.39, 0.29) is 23.0 Å². The van der Waals surface area contributed by atoms with Crippen molar-refractivity contribution >= 4 is 64.9 Å². The molecule has 0 aliphatic heterocycles. The van der Waals surface area contributed by atoms with Crippen molar-refractivity contribution in [3.8, 4) is 45.3 Å². The summed E-state index contributed by atoms with van der Waals surface area (Å²) in [7, 11) is 0. The normalized spacial score (nSPS) is 11.8. The summed E-state index contributed by atoms with van der Waals surface area (Å²) in [6.07, 6.45) is 3.73. The van der Waals surface area contributed by atoms with E-state index >= 15 is 0 Å². The van der Waals surface area contributed by atoms with Gasteiger partial charge < -0.3 is 20.4 Å². The highest BCUT2D eigenvalue weighted by atomic mass is 16.3. The Morgan fingerprint density at radius 1 is 0.326 bits per heavy atom. The fraction of sp³-hybridized carbons (Fsp3) is 0. The highest BCUT2D eigenvalue weighted by Gasteiger charge is 2.15. The molecule has 2 aromatic heterocycles. The molecule has 9 rings (SSSR count). The smallest absolute Gasteiger partial charge is 0.116 e. The van der Waals surface area contributed by atoms with Gasteiger partial charge in [0.25, 0.3) is 0 Å². The predicted molar refractivity (Wildman–Crippen MR) is 185 cm³/mol. The van der Waals surface area contributed by atoms with E-state index in [0.29, 0.717) is 0 Å². The molecule has 6 heteroatoms. The molecule has 9 aromatic rings. The first-order valence-electron chi connectivity index (χ1n) is 14.9. The summed E-state index contributed by atoms with van der Waals surface area (Å²) in [5.74, 6) is 0.676. The zero-order chi connectivity index (χ0) is 31.1. The molecule has 0 radical (unpaired) electrons. The number of aromatic nitrogens is 2. The van der Waals surface area contributed by atoms with Crippen LogP contribution in [0.25, 0.3) is 87.1 Å². The lowest BCUT2D eigenvalue weighted by Crippen LogP contribution is -1.91. The number of phenols is 4. The maximum atomic E-state index is 10.3.